The molecule has 0 heterocycles. The maximum absolute atomic E-state index is 11.9. The van der Waals surface area contributed by atoms with E-state index in [1.54, 1.807) is 18.2 Å². The van der Waals surface area contributed by atoms with Crippen LogP contribution in [0.2, 0.25) is 0 Å². The van der Waals surface area contributed by atoms with Crippen molar-refractivity contribution in [3.63, 3.8) is 0 Å². The van der Waals surface area contributed by atoms with E-state index in [0.29, 0.717) is 10.9 Å². The molecule has 66 valence electrons. The summed E-state index contributed by atoms with van der Waals surface area (Å²) in [6, 6.07) is 7.38. The smallest absolute Gasteiger partial charge is 0.0635 e. The number of rotatable bonds is 1. The Labute approximate surface area is 77.7 Å². The molecule has 0 N–H and O–H groups in total. The van der Waals surface area contributed by atoms with Gasteiger partial charge in [0.2, 0.25) is 0 Å². The molecule has 0 radical (unpaired) electrons. The summed E-state index contributed by atoms with van der Waals surface area (Å²) in [5, 5.41) is 0. The maximum atomic E-state index is 11.9. The van der Waals surface area contributed by atoms with Gasteiger partial charge < -0.3 is 0 Å². The molecule has 0 aliphatic carbocycles. The van der Waals surface area contributed by atoms with Gasteiger partial charge in [-0.1, -0.05) is 18.2 Å². The highest BCUT2D eigenvalue weighted by Gasteiger charge is 2.20. The minimum Gasteiger partial charge on any atom is -0.254 e. The molecule has 1 aromatic rings. The van der Waals surface area contributed by atoms with Gasteiger partial charge in [-0.3, -0.25) is 4.21 Å². The Morgan fingerprint density at radius 1 is 1.33 bits per heavy atom. The van der Waals surface area contributed by atoms with E-state index in [1.165, 1.54) is 0 Å². The normalized spacial score (nSPS) is 15.4. The zero-order valence-corrected chi connectivity index (χ0v) is 8.44. The van der Waals surface area contributed by atoms with Crippen LogP contribution < -0.4 is 0 Å². The van der Waals surface area contributed by atoms with Crippen LogP contribution in [0.5, 0.6) is 0 Å². The molecule has 1 atom stereocenters. The molecule has 1 rings (SSSR count). The van der Waals surface area contributed by atoms with Crippen LogP contribution in [0.4, 0.5) is 0 Å². The Balaban J connectivity index is 3.10. The second-order valence-electron chi connectivity index (χ2n) is 3.61. The first-order valence-electron chi connectivity index (χ1n) is 4.40. The fraction of sp³-hybridized carbons (Fsp3) is 0.400. The second-order valence-corrected chi connectivity index (χ2v) is 5.81. The third-order valence-corrected chi connectivity index (χ3v) is 3.20. The zero-order valence-electron chi connectivity index (χ0n) is 8.63. The predicted octanol–water partition coefficient (Wildman–Crippen LogP) is 2.59. The van der Waals surface area contributed by atoms with Crippen molar-refractivity contribution >= 4 is 10.8 Å². The van der Waals surface area contributed by atoms with Crippen molar-refractivity contribution in [2.24, 2.45) is 0 Å². The largest absolute Gasteiger partial charge is 0.254 e. The third-order valence-electron chi connectivity index (χ3n) is 1.44. The molecule has 0 bridgehead atoms. The lowest BCUT2D eigenvalue weighted by Gasteiger charge is -2.17. The van der Waals surface area contributed by atoms with E-state index >= 15 is 0 Å². The molecule has 2 heteroatoms. The lowest BCUT2D eigenvalue weighted by Crippen LogP contribution is -2.21. The first-order chi connectivity index (χ1) is 5.93. The molecule has 0 saturated heterocycles. The summed E-state index contributed by atoms with van der Waals surface area (Å²) in [6.07, 6.45) is 0. The highest BCUT2D eigenvalue weighted by atomic mass is 32.2. The Morgan fingerprint density at radius 2 is 2.00 bits per heavy atom. The zero-order chi connectivity index (χ0) is 10.1. The summed E-state index contributed by atoms with van der Waals surface area (Å²) in [6.45, 7) is 5.74. The van der Waals surface area contributed by atoms with Crippen LogP contribution >= 0.6 is 0 Å². The van der Waals surface area contributed by atoms with Crippen molar-refractivity contribution in [1.29, 1.82) is 0 Å². The average molecular weight is 183 g/mol. The van der Waals surface area contributed by atoms with Crippen LogP contribution in [0.1, 0.15) is 22.1 Å². The number of hydrogen-bond acceptors (Lipinski definition) is 1. The van der Waals surface area contributed by atoms with E-state index in [0.717, 1.165) is 0 Å². The van der Waals surface area contributed by atoms with Crippen LogP contribution in [0.3, 0.4) is 0 Å². The predicted molar refractivity (Wildman–Crippen MR) is 52.6 cm³/mol. The summed E-state index contributed by atoms with van der Waals surface area (Å²) in [4.78, 5) is 0.620. The van der Waals surface area contributed by atoms with Crippen molar-refractivity contribution in [2.45, 2.75) is 30.4 Å². The summed E-state index contributed by atoms with van der Waals surface area (Å²) >= 11 is 0. The van der Waals surface area contributed by atoms with Gasteiger partial charge in [-0.2, -0.15) is 0 Å². The summed E-state index contributed by atoms with van der Waals surface area (Å²) in [5.74, 6) is 0. The van der Waals surface area contributed by atoms with Gasteiger partial charge in [0.1, 0.15) is 0 Å². The van der Waals surface area contributed by atoms with Crippen molar-refractivity contribution in [2.75, 3.05) is 0 Å². The highest BCUT2D eigenvalue weighted by Crippen LogP contribution is 2.19. The Kier molecular flexibility index (Phi) is 2.26. The average Bonchev–Trinajstić information content (AvgIpc) is 2.02. The van der Waals surface area contributed by atoms with Crippen LogP contribution in [0, 0.1) is 0 Å². The summed E-state index contributed by atoms with van der Waals surface area (Å²) < 4.78 is 19.2. The monoisotopic (exact) mass is 183 g/mol. The second kappa shape index (κ2) is 3.40. The van der Waals surface area contributed by atoms with E-state index in [1.807, 2.05) is 26.8 Å². The molecule has 1 nitrogen and oxygen atoms in total. The summed E-state index contributed by atoms with van der Waals surface area (Å²) in [7, 11) is -1.10. The minimum absolute atomic E-state index is 0.294. The topological polar surface area (TPSA) is 17.1 Å². The molecule has 0 aliphatic rings. The van der Waals surface area contributed by atoms with Gasteiger partial charge in [-0.15, -0.1) is 0 Å². The molecule has 12 heavy (non-hydrogen) atoms. The molecule has 1 aromatic carbocycles. The van der Waals surface area contributed by atoms with Gasteiger partial charge >= 0.3 is 0 Å². The Morgan fingerprint density at radius 3 is 2.50 bits per heavy atom. The molecular formula is C10H14OS. The Hall–Kier alpha value is -0.630. The molecule has 0 spiro atoms. The van der Waals surface area contributed by atoms with Crippen LogP contribution in [-0.2, 0) is 10.8 Å². The van der Waals surface area contributed by atoms with Gasteiger partial charge in [0.25, 0.3) is 0 Å². The van der Waals surface area contributed by atoms with Crippen molar-refractivity contribution in [1.82, 2.24) is 0 Å². The van der Waals surface area contributed by atoms with Crippen LogP contribution in [0.15, 0.2) is 35.2 Å². The maximum Gasteiger partial charge on any atom is 0.0635 e. The minimum atomic E-state index is -1.10. The molecular weight excluding hydrogens is 168 g/mol. The SMILES string of the molecule is [2H]c1ccccc1S(=O)C(C)(C)C. The van der Waals surface area contributed by atoms with Gasteiger partial charge in [-0.05, 0) is 32.9 Å². The van der Waals surface area contributed by atoms with Crippen LogP contribution in [-0.4, -0.2) is 8.96 Å². The quantitative estimate of drug-likeness (QED) is 0.654. The lowest BCUT2D eigenvalue weighted by molar-refractivity contribution is 0.649. The van der Waals surface area contributed by atoms with E-state index in [4.69, 9.17) is 1.37 Å². The molecule has 0 aromatic heterocycles. The number of hydrogen-bond donors (Lipinski definition) is 0. The van der Waals surface area contributed by atoms with Gasteiger partial charge in [0.15, 0.2) is 0 Å². The third kappa shape index (κ3) is 2.18. The molecule has 1 unspecified atom stereocenters. The molecule has 0 fully saturated rings. The van der Waals surface area contributed by atoms with E-state index in [2.05, 4.69) is 0 Å². The van der Waals surface area contributed by atoms with E-state index in [9.17, 15) is 4.21 Å². The van der Waals surface area contributed by atoms with Gasteiger partial charge in [0.05, 0.1) is 12.2 Å². The fourth-order valence-electron chi connectivity index (χ4n) is 0.822. The van der Waals surface area contributed by atoms with Crippen molar-refractivity contribution in [3.05, 3.63) is 30.3 Å². The van der Waals surface area contributed by atoms with E-state index in [-0.39, 0.29) is 4.75 Å². The van der Waals surface area contributed by atoms with Crippen molar-refractivity contribution < 1.29 is 5.58 Å². The van der Waals surface area contributed by atoms with Crippen LogP contribution in [0.25, 0.3) is 0 Å². The standard InChI is InChI=1S/C10H14OS/c1-10(2,3)12(11)9-7-5-4-6-8-9/h4-8H,1-3H3/i7D. The first kappa shape index (κ1) is 7.99. The number of benzene rings is 1. The first-order valence-corrected chi connectivity index (χ1v) is 5.05. The van der Waals surface area contributed by atoms with Gasteiger partial charge in [0, 0.05) is 9.64 Å². The fourth-order valence-corrected chi connectivity index (χ4v) is 1.86. The summed E-state index contributed by atoms with van der Waals surface area (Å²) in [5.41, 5.74) is 0. The molecule has 0 aliphatic heterocycles. The lowest BCUT2D eigenvalue weighted by atomic mass is 10.3. The van der Waals surface area contributed by atoms with Gasteiger partial charge in [-0.25, -0.2) is 0 Å². The van der Waals surface area contributed by atoms with E-state index < -0.39 is 10.8 Å². The molecule has 0 amide bonds. The molecule has 0 saturated carbocycles. The highest BCUT2D eigenvalue weighted by molar-refractivity contribution is 7.86. The van der Waals surface area contributed by atoms with Crippen molar-refractivity contribution in [3.8, 4) is 0 Å². The Bertz CT molecular complexity index is 328.